The van der Waals surface area contributed by atoms with Crippen molar-refractivity contribution in [3.8, 4) is 28.4 Å². The second-order valence-corrected chi connectivity index (χ2v) is 5.89. The fourth-order valence-electron chi connectivity index (χ4n) is 3.23. The minimum Gasteiger partial charge on any atom is -0.496 e. The Kier molecular flexibility index (Phi) is 3.15. The highest BCUT2D eigenvalue weighted by Gasteiger charge is 2.21. The second kappa shape index (κ2) is 5.20. The molecule has 116 valence electrons. The maximum absolute atomic E-state index is 5.70. The monoisotopic (exact) mass is 306 g/mol. The van der Waals surface area contributed by atoms with Gasteiger partial charge in [-0.15, -0.1) is 0 Å². The van der Waals surface area contributed by atoms with Crippen molar-refractivity contribution >= 4 is 10.8 Å². The van der Waals surface area contributed by atoms with E-state index in [1.807, 2.05) is 6.07 Å². The van der Waals surface area contributed by atoms with E-state index in [-0.39, 0.29) is 6.79 Å². The minimum atomic E-state index is 0.284. The number of fused-ring (bicyclic) bond motifs is 2. The first-order chi connectivity index (χ1) is 11.2. The van der Waals surface area contributed by atoms with E-state index in [1.54, 1.807) is 7.11 Å². The van der Waals surface area contributed by atoms with Crippen LogP contribution in [-0.4, -0.2) is 13.9 Å². The number of rotatable bonds is 2. The van der Waals surface area contributed by atoms with Gasteiger partial charge in [-0.05, 0) is 54.1 Å². The van der Waals surface area contributed by atoms with E-state index in [1.165, 1.54) is 11.1 Å². The van der Waals surface area contributed by atoms with Crippen LogP contribution < -0.4 is 14.2 Å². The third kappa shape index (κ3) is 2.20. The van der Waals surface area contributed by atoms with Crippen LogP contribution in [0.3, 0.4) is 0 Å². The third-order valence-corrected chi connectivity index (χ3v) is 4.32. The lowest BCUT2D eigenvalue weighted by atomic mass is 9.95. The van der Waals surface area contributed by atoms with Gasteiger partial charge in [0.05, 0.1) is 7.11 Å². The molecule has 1 aliphatic heterocycles. The van der Waals surface area contributed by atoms with Crippen molar-refractivity contribution in [2.75, 3.05) is 13.9 Å². The Morgan fingerprint density at radius 2 is 1.83 bits per heavy atom. The molecule has 0 unspecified atom stereocenters. The number of aryl methyl sites for hydroxylation is 2. The van der Waals surface area contributed by atoms with Gasteiger partial charge in [-0.1, -0.05) is 24.3 Å². The first-order valence-electron chi connectivity index (χ1n) is 7.65. The van der Waals surface area contributed by atoms with E-state index in [4.69, 9.17) is 14.2 Å². The molecule has 0 spiro atoms. The zero-order chi connectivity index (χ0) is 16.0. The van der Waals surface area contributed by atoms with Crippen LogP contribution in [0.2, 0.25) is 0 Å². The first-order valence-corrected chi connectivity index (χ1v) is 7.65. The SMILES string of the molecule is COc1cc(C)cc2cc(-c3c(C)ccc4c3OCO4)ccc12. The van der Waals surface area contributed by atoms with Gasteiger partial charge in [-0.3, -0.25) is 0 Å². The van der Waals surface area contributed by atoms with Gasteiger partial charge < -0.3 is 14.2 Å². The topological polar surface area (TPSA) is 27.7 Å². The Balaban J connectivity index is 1.96. The molecule has 0 aliphatic carbocycles. The molecule has 1 aliphatic rings. The van der Waals surface area contributed by atoms with E-state index < -0.39 is 0 Å². The van der Waals surface area contributed by atoms with Crippen molar-refractivity contribution in [3.63, 3.8) is 0 Å². The minimum absolute atomic E-state index is 0.284. The fraction of sp³-hybridized carbons (Fsp3) is 0.200. The number of methoxy groups -OCH3 is 1. The molecular formula is C20H18O3. The van der Waals surface area contributed by atoms with Crippen LogP contribution in [0.25, 0.3) is 21.9 Å². The molecule has 0 N–H and O–H groups in total. The van der Waals surface area contributed by atoms with Crippen molar-refractivity contribution in [2.45, 2.75) is 13.8 Å². The second-order valence-electron chi connectivity index (χ2n) is 5.89. The summed E-state index contributed by atoms with van der Waals surface area (Å²) in [7, 11) is 1.71. The Morgan fingerprint density at radius 3 is 2.65 bits per heavy atom. The molecule has 4 rings (SSSR count). The summed E-state index contributed by atoms with van der Waals surface area (Å²) in [6.45, 7) is 4.46. The third-order valence-electron chi connectivity index (χ3n) is 4.32. The molecule has 1 heterocycles. The molecule has 0 fully saturated rings. The van der Waals surface area contributed by atoms with Crippen LogP contribution in [-0.2, 0) is 0 Å². The van der Waals surface area contributed by atoms with Gasteiger partial charge in [0.1, 0.15) is 5.75 Å². The highest BCUT2D eigenvalue weighted by Crippen LogP contribution is 2.44. The number of hydrogen-bond acceptors (Lipinski definition) is 3. The van der Waals surface area contributed by atoms with Crippen molar-refractivity contribution in [2.24, 2.45) is 0 Å². The first kappa shape index (κ1) is 13.9. The van der Waals surface area contributed by atoms with Gasteiger partial charge in [0, 0.05) is 10.9 Å². The van der Waals surface area contributed by atoms with Crippen LogP contribution in [0.15, 0.2) is 42.5 Å². The van der Waals surface area contributed by atoms with Gasteiger partial charge in [0.2, 0.25) is 6.79 Å². The van der Waals surface area contributed by atoms with E-state index >= 15 is 0 Å². The van der Waals surface area contributed by atoms with Crippen molar-refractivity contribution in [1.82, 2.24) is 0 Å². The van der Waals surface area contributed by atoms with Crippen molar-refractivity contribution < 1.29 is 14.2 Å². The zero-order valence-corrected chi connectivity index (χ0v) is 13.5. The average Bonchev–Trinajstić information content (AvgIpc) is 3.01. The standard InChI is InChI=1S/C20H18O3/c1-12-8-15-10-14(5-6-16(15)18(9-12)21-3)19-13(2)4-7-17-20(19)23-11-22-17/h4-10H,11H2,1-3H3. The Labute approximate surface area is 135 Å². The molecule has 3 aromatic carbocycles. The van der Waals surface area contributed by atoms with Crippen LogP contribution in [0.4, 0.5) is 0 Å². The summed E-state index contributed by atoms with van der Waals surface area (Å²) < 4.78 is 16.7. The highest BCUT2D eigenvalue weighted by molar-refractivity contribution is 5.94. The van der Waals surface area contributed by atoms with Crippen LogP contribution >= 0.6 is 0 Å². The van der Waals surface area contributed by atoms with Gasteiger partial charge in [0.15, 0.2) is 11.5 Å². The highest BCUT2D eigenvalue weighted by atomic mass is 16.7. The Bertz CT molecular complexity index is 912. The zero-order valence-electron chi connectivity index (χ0n) is 13.5. The summed E-state index contributed by atoms with van der Waals surface area (Å²) in [5, 5.41) is 2.28. The normalized spacial score (nSPS) is 12.7. The summed E-state index contributed by atoms with van der Waals surface area (Å²) in [4.78, 5) is 0. The lowest BCUT2D eigenvalue weighted by Crippen LogP contribution is -1.94. The average molecular weight is 306 g/mol. The quantitative estimate of drug-likeness (QED) is 0.676. The largest absolute Gasteiger partial charge is 0.496 e. The molecule has 23 heavy (non-hydrogen) atoms. The van der Waals surface area contributed by atoms with Gasteiger partial charge in [0.25, 0.3) is 0 Å². The van der Waals surface area contributed by atoms with Gasteiger partial charge >= 0.3 is 0 Å². The van der Waals surface area contributed by atoms with E-state index in [9.17, 15) is 0 Å². The molecule has 3 aromatic rings. The van der Waals surface area contributed by atoms with Crippen molar-refractivity contribution in [1.29, 1.82) is 0 Å². The van der Waals surface area contributed by atoms with Crippen LogP contribution in [0, 0.1) is 13.8 Å². The molecule has 0 bridgehead atoms. The number of benzene rings is 3. The maximum Gasteiger partial charge on any atom is 0.231 e. The Morgan fingerprint density at radius 1 is 0.957 bits per heavy atom. The number of hydrogen-bond donors (Lipinski definition) is 0. The molecule has 0 amide bonds. The van der Waals surface area contributed by atoms with E-state index in [2.05, 4.69) is 50.2 Å². The van der Waals surface area contributed by atoms with E-state index in [0.717, 1.165) is 39.1 Å². The van der Waals surface area contributed by atoms with Gasteiger partial charge in [-0.25, -0.2) is 0 Å². The molecule has 0 saturated carbocycles. The molecule has 0 atom stereocenters. The number of ether oxygens (including phenoxy) is 3. The van der Waals surface area contributed by atoms with Crippen molar-refractivity contribution in [3.05, 3.63) is 53.6 Å². The van der Waals surface area contributed by atoms with E-state index in [0.29, 0.717) is 0 Å². The summed E-state index contributed by atoms with van der Waals surface area (Å²) >= 11 is 0. The molecule has 0 saturated heterocycles. The summed E-state index contributed by atoms with van der Waals surface area (Å²) in [5.41, 5.74) is 4.58. The van der Waals surface area contributed by atoms with Gasteiger partial charge in [-0.2, -0.15) is 0 Å². The lowest BCUT2D eigenvalue weighted by molar-refractivity contribution is 0.174. The molecule has 3 heteroatoms. The van der Waals surface area contributed by atoms with Crippen LogP contribution in [0.5, 0.6) is 17.2 Å². The molecule has 0 radical (unpaired) electrons. The predicted molar refractivity (Wildman–Crippen MR) is 91.5 cm³/mol. The molecule has 3 nitrogen and oxygen atoms in total. The van der Waals surface area contributed by atoms with Crippen LogP contribution in [0.1, 0.15) is 11.1 Å². The summed E-state index contributed by atoms with van der Waals surface area (Å²) in [5.74, 6) is 2.55. The Hall–Kier alpha value is -2.68. The summed E-state index contributed by atoms with van der Waals surface area (Å²) in [6, 6.07) is 14.7. The summed E-state index contributed by atoms with van der Waals surface area (Å²) in [6.07, 6.45) is 0. The predicted octanol–water partition coefficient (Wildman–Crippen LogP) is 4.86. The molecule has 0 aromatic heterocycles. The smallest absolute Gasteiger partial charge is 0.231 e. The maximum atomic E-state index is 5.70. The molecular weight excluding hydrogens is 288 g/mol. The fourth-order valence-corrected chi connectivity index (χ4v) is 3.23. The lowest BCUT2D eigenvalue weighted by Gasteiger charge is -2.12.